The zero-order valence-corrected chi connectivity index (χ0v) is 9.25. The average molecular weight is 241 g/mol. The molecule has 0 aromatic heterocycles. The minimum Gasteiger partial charge on any atom is -0.497 e. The van der Waals surface area contributed by atoms with Gasteiger partial charge in [-0.1, -0.05) is 34.1 Å². The second-order valence-electron chi connectivity index (χ2n) is 2.75. The van der Waals surface area contributed by atoms with Gasteiger partial charge in [0.25, 0.3) is 0 Å². The van der Waals surface area contributed by atoms with Crippen molar-refractivity contribution in [2.45, 2.75) is 12.8 Å². The van der Waals surface area contributed by atoms with Gasteiger partial charge in [-0.2, -0.15) is 0 Å². The normalized spacial score (nSPS) is 10.6. The fraction of sp³-hybridized carbons (Fsp3) is 0.273. The van der Waals surface area contributed by atoms with Crippen LogP contribution in [0.2, 0.25) is 0 Å². The van der Waals surface area contributed by atoms with Crippen molar-refractivity contribution in [3.05, 3.63) is 40.9 Å². The van der Waals surface area contributed by atoms with E-state index in [0.717, 1.165) is 18.6 Å². The van der Waals surface area contributed by atoms with Gasteiger partial charge in [0.05, 0.1) is 7.11 Å². The molecule has 1 nitrogen and oxygen atoms in total. The van der Waals surface area contributed by atoms with Crippen LogP contribution in [0.5, 0.6) is 5.75 Å². The third kappa shape index (κ3) is 3.64. The summed E-state index contributed by atoms with van der Waals surface area (Å²) in [6.45, 7) is 0. The van der Waals surface area contributed by atoms with Gasteiger partial charge in [-0.05, 0) is 35.5 Å². The Labute approximate surface area is 87.5 Å². The van der Waals surface area contributed by atoms with Gasteiger partial charge in [0, 0.05) is 0 Å². The summed E-state index contributed by atoms with van der Waals surface area (Å²) in [5.74, 6) is 0.916. The molecule has 0 aliphatic heterocycles. The Balaban J connectivity index is 2.49. The molecule has 0 N–H and O–H groups in total. The van der Waals surface area contributed by atoms with E-state index < -0.39 is 0 Å². The van der Waals surface area contributed by atoms with Crippen LogP contribution in [0, 0.1) is 0 Å². The zero-order chi connectivity index (χ0) is 9.52. The molecule has 2 heteroatoms. The first kappa shape index (κ1) is 10.3. The van der Waals surface area contributed by atoms with Gasteiger partial charge >= 0.3 is 0 Å². The number of ether oxygens (including phenoxy) is 1. The van der Waals surface area contributed by atoms with Crippen LogP contribution < -0.4 is 4.74 Å². The van der Waals surface area contributed by atoms with E-state index in [1.165, 1.54) is 5.56 Å². The number of aryl methyl sites for hydroxylation is 1. The fourth-order valence-electron chi connectivity index (χ4n) is 1.11. The second-order valence-corrected chi connectivity index (χ2v) is 3.28. The van der Waals surface area contributed by atoms with Crippen LogP contribution >= 0.6 is 15.9 Å². The Kier molecular flexibility index (Phi) is 4.61. The molecule has 0 unspecified atom stereocenters. The van der Waals surface area contributed by atoms with Crippen molar-refractivity contribution in [1.29, 1.82) is 0 Å². The van der Waals surface area contributed by atoms with Gasteiger partial charge in [0.2, 0.25) is 0 Å². The molecule has 70 valence electrons. The van der Waals surface area contributed by atoms with Crippen LogP contribution in [0.15, 0.2) is 35.3 Å². The lowest BCUT2D eigenvalue weighted by atomic mass is 10.1. The van der Waals surface area contributed by atoms with Gasteiger partial charge in [0.1, 0.15) is 5.75 Å². The van der Waals surface area contributed by atoms with Crippen molar-refractivity contribution >= 4 is 15.9 Å². The molecule has 1 aromatic carbocycles. The first-order valence-corrected chi connectivity index (χ1v) is 5.16. The maximum Gasteiger partial charge on any atom is 0.118 e. The lowest BCUT2D eigenvalue weighted by Gasteiger charge is -2.01. The molecule has 1 aromatic rings. The van der Waals surface area contributed by atoms with E-state index in [0.29, 0.717) is 0 Å². The summed E-state index contributed by atoms with van der Waals surface area (Å²) < 4.78 is 5.07. The molecular formula is C11H13BrO. The van der Waals surface area contributed by atoms with Crippen molar-refractivity contribution in [1.82, 2.24) is 0 Å². The van der Waals surface area contributed by atoms with Crippen LogP contribution in [-0.2, 0) is 6.42 Å². The van der Waals surface area contributed by atoms with Crippen molar-refractivity contribution in [3.8, 4) is 5.75 Å². The molecular weight excluding hydrogens is 228 g/mol. The molecule has 0 atom stereocenters. The molecule has 0 aliphatic carbocycles. The maximum atomic E-state index is 5.07. The minimum absolute atomic E-state index is 0.916. The highest BCUT2D eigenvalue weighted by Crippen LogP contribution is 2.12. The molecule has 0 spiro atoms. The number of allylic oxidation sites excluding steroid dienone is 1. The number of hydrogen-bond donors (Lipinski definition) is 0. The van der Waals surface area contributed by atoms with Crippen LogP contribution in [0.3, 0.4) is 0 Å². The first-order chi connectivity index (χ1) is 6.36. The van der Waals surface area contributed by atoms with Crippen LogP contribution in [0.4, 0.5) is 0 Å². The standard InChI is InChI=1S/C11H13BrO/c1-13-11-7-5-10(6-8-11)4-2-3-9-12/h3,5-9H,2,4H2,1H3/b9-3+. The third-order valence-electron chi connectivity index (χ3n) is 1.85. The molecule has 0 heterocycles. The lowest BCUT2D eigenvalue weighted by molar-refractivity contribution is 0.414. The average Bonchev–Trinajstić information content (AvgIpc) is 2.19. The third-order valence-corrected chi connectivity index (χ3v) is 2.22. The Hall–Kier alpha value is -0.760. The highest BCUT2D eigenvalue weighted by Gasteiger charge is 1.92. The number of benzene rings is 1. The van der Waals surface area contributed by atoms with Crippen LogP contribution in [0.25, 0.3) is 0 Å². The number of halogens is 1. The summed E-state index contributed by atoms with van der Waals surface area (Å²) in [7, 11) is 1.68. The van der Waals surface area contributed by atoms with E-state index in [-0.39, 0.29) is 0 Å². The Morgan fingerprint density at radius 3 is 2.54 bits per heavy atom. The quantitative estimate of drug-likeness (QED) is 0.783. The number of rotatable bonds is 4. The number of hydrogen-bond acceptors (Lipinski definition) is 1. The smallest absolute Gasteiger partial charge is 0.118 e. The molecule has 0 amide bonds. The van der Waals surface area contributed by atoms with Crippen molar-refractivity contribution in [3.63, 3.8) is 0 Å². The zero-order valence-electron chi connectivity index (χ0n) is 7.66. The molecule has 13 heavy (non-hydrogen) atoms. The van der Waals surface area contributed by atoms with Crippen LogP contribution in [-0.4, -0.2) is 7.11 Å². The predicted molar refractivity (Wildman–Crippen MR) is 59.4 cm³/mol. The summed E-state index contributed by atoms with van der Waals surface area (Å²) in [6, 6.07) is 8.18. The summed E-state index contributed by atoms with van der Waals surface area (Å²) in [5, 5.41) is 0. The predicted octanol–water partition coefficient (Wildman–Crippen LogP) is 3.54. The van der Waals surface area contributed by atoms with Gasteiger partial charge in [-0.15, -0.1) is 0 Å². The molecule has 0 saturated carbocycles. The lowest BCUT2D eigenvalue weighted by Crippen LogP contribution is -1.85. The fourth-order valence-corrected chi connectivity index (χ4v) is 1.37. The minimum atomic E-state index is 0.916. The highest BCUT2D eigenvalue weighted by molar-refractivity contribution is 9.11. The molecule has 1 rings (SSSR count). The highest BCUT2D eigenvalue weighted by atomic mass is 79.9. The van der Waals surface area contributed by atoms with Crippen LogP contribution in [0.1, 0.15) is 12.0 Å². The number of methoxy groups -OCH3 is 1. The van der Waals surface area contributed by atoms with E-state index in [4.69, 9.17) is 4.74 Å². The summed E-state index contributed by atoms with van der Waals surface area (Å²) in [5.41, 5.74) is 1.34. The van der Waals surface area contributed by atoms with Crippen molar-refractivity contribution in [2.24, 2.45) is 0 Å². The van der Waals surface area contributed by atoms with E-state index >= 15 is 0 Å². The maximum absolute atomic E-state index is 5.07. The topological polar surface area (TPSA) is 9.23 Å². The van der Waals surface area contributed by atoms with Gasteiger partial charge in [-0.3, -0.25) is 0 Å². The molecule has 0 fully saturated rings. The Morgan fingerprint density at radius 2 is 2.00 bits per heavy atom. The summed E-state index contributed by atoms with van der Waals surface area (Å²) in [6.07, 6.45) is 4.24. The van der Waals surface area contributed by atoms with Crippen molar-refractivity contribution in [2.75, 3.05) is 7.11 Å². The molecule has 0 bridgehead atoms. The second kappa shape index (κ2) is 5.81. The van der Waals surface area contributed by atoms with Gasteiger partial charge in [0.15, 0.2) is 0 Å². The van der Waals surface area contributed by atoms with E-state index in [1.54, 1.807) is 7.11 Å². The van der Waals surface area contributed by atoms with Gasteiger partial charge in [-0.25, -0.2) is 0 Å². The molecule has 0 radical (unpaired) electrons. The first-order valence-electron chi connectivity index (χ1n) is 4.25. The summed E-state index contributed by atoms with van der Waals surface area (Å²) in [4.78, 5) is 1.90. The van der Waals surface area contributed by atoms with Crippen molar-refractivity contribution < 1.29 is 4.74 Å². The summed E-state index contributed by atoms with van der Waals surface area (Å²) >= 11 is 3.25. The van der Waals surface area contributed by atoms with Gasteiger partial charge < -0.3 is 4.74 Å². The molecule has 0 aliphatic rings. The molecule has 0 saturated heterocycles. The van der Waals surface area contributed by atoms with E-state index in [9.17, 15) is 0 Å². The monoisotopic (exact) mass is 240 g/mol. The van der Waals surface area contributed by atoms with E-state index in [1.807, 2.05) is 17.1 Å². The van der Waals surface area contributed by atoms with E-state index in [2.05, 4.69) is 34.1 Å². The SMILES string of the molecule is COc1ccc(CC/C=C/Br)cc1. The largest absolute Gasteiger partial charge is 0.497 e. The Bertz CT molecular complexity index is 264. The Morgan fingerprint density at radius 1 is 1.31 bits per heavy atom.